The van der Waals surface area contributed by atoms with Crippen LogP contribution in [0.2, 0.25) is 0 Å². The van der Waals surface area contributed by atoms with Crippen LogP contribution in [0.4, 0.5) is 0 Å². The Bertz CT molecular complexity index is 4500. The Morgan fingerprint density at radius 2 is 1.00 bits per heavy atom. The van der Waals surface area contributed by atoms with Gasteiger partial charge in [-0.25, -0.2) is 9.97 Å². The van der Waals surface area contributed by atoms with Crippen molar-refractivity contribution in [1.82, 2.24) is 19.1 Å². The molecule has 4 nitrogen and oxygen atoms in total. The first kappa shape index (κ1) is 44.8. The van der Waals surface area contributed by atoms with E-state index >= 15 is 0 Å². The van der Waals surface area contributed by atoms with Gasteiger partial charge in [0, 0.05) is 49.4 Å². The van der Waals surface area contributed by atoms with E-state index < -0.39 is 0 Å². The molecule has 0 atom stereocenters. The van der Waals surface area contributed by atoms with Crippen LogP contribution in [0, 0.1) is 6.92 Å². The highest BCUT2D eigenvalue weighted by atomic mass is 15.0. The Balaban J connectivity index is 0.000000394. The SMILES string of the molecule is CC.Cc1ccccc1C(C)C.c1ccc(-n2c3ccccc3c3c4ccc(-c5ccc6cc7c(cc6c5)c5ccccc5n7-c5cccc(-c6nc7c8c(cccc8n6)-c6ccccc6-7)c5)cc4ccc32)cc1. The summed E-state index contributed by atoms with van der Waals surface area (Å²) in [6.45, 7) is 10.6. The molecule has 3 aromatic heterocycles. The van der Waals surface area contributed by atoms with Crippen molar-refractivity contribution in [3.05, 3.63) is 242 Å². The van der Waals surface area contributed by atoms with Crippen molar-refractivity contribution in [2.75, 3.05) is 0 Å². The van der Waals surface area contributed by atoms with Crippen molar-refractivity contribution in [3.63, 3.8) is 0 Å². The fourth-order valence-electron chi connectivity index (χ4n) is 11.7. The van der Waals surface area contributed by atoms with Crippen LogP contribution in [-0.4, -0.2) is 19.1 Å². The van der Waals surface area contributed by atoms with Crippen LogP contribution in [0.1, 0.15) is 44.7 Å². The van der Waals surface area contributed by atoms with Crippen molar-refractivity contribution in [2.45, 2.75) is 40.5 Å². The summed E-state index contributed by atoms with van der Waals surface area (Å²) in [6, 6.07) is 83.6. The molecule has 14 aromatic rings. The number of para-hydroxylation sites is 3. The molecule has 0 aliphatic heterocycles. The maximum Gasteiger partial charge on any atom is 0.160 e. The summed E-state index contributed by atoms with van der Waals surface area (Å²) < 4.78 is 4.78. The highest BCUT2D eigenvalue weighted by molar-refractivity contribution is 6.22. The molecule has 3 heterocycles. The first-order valence-corrected chi connectivity index (χ1v) is 26.0. The minimum absolute atomic E-state index is 0.654. The van der Waals surface area contributed by atoms with Gasteiger partial charge in [-0.15, -0.1) is 0 Å². The van der Waals surface area contributed by atoms with Crippen LogP contribution in [0.15, 0.2) is 231 Å². The molecule has 0 N–H and O–H groups in total. The van der Waals surface area contributed by atoms with Gasteiger partial charge < -0.3 is 9.13 Å². The molecule has 11 aromatic carbocycles. The second-order valence-electron chi connectivity index (χ2n) is 19.6. The van der Waals surface area contributed by atoms with Crippen molar-refractivity contribution < 1.29 is 0 Å². The van der Waals surface area contributed by atoms with Crippen LogP contribution < -0.4 is 0 Å². The highest BCUT2D eigenvalue weighted by Crippen LogP contribution is 2.47. The summed E-state index contributed by atoms with van der Waals surface area (Å²) >= 11 is 0. The molecule has 0 saturated heterocycles. The van der Waals surface area contributed by atoms with Crippen molar-refractivity contribution in [1.29, 1.82) is 0 Å². The van der Waals surface area contributed by atoms with Gasteiger partial charge >= 0.3 is 0 Å². The molecule has 0 bridgehead atoms. The van der Waals surface area contributed by atoms with Gasteiger partial charge in [0.1, 0.15) is 0 Å². The maximum atomic E-state index is 5.24. The molecule has 0 fully saturated rings. The quantitative estimate of drug-likeness (QED) is 0.172. The van der Waals surface area contributed by atoms with Gasteiger partial charge in [0.25, 0.3) is 0 Å². The van der Waals surface area contributed by atoms with Crippen molar-refractivity contribution in [3.8, 4) is 56.3 Å². The normalized spacial score (nSPS) is 11.7. The zero-order valence-corrected chi connectivity index (χ0v) is 42.3. The average molecular weight is 951 g/mol. The van der Waals surface area contributed by atoms with Crippen molar-refractivity contribution >= 4 is 76.1 Å². The molecule has 74 heavy (non-hydrogen) atoms. The second kappa shape index (κ2) is 18.2. The lowest BCUT2D eigenvalue weighted by atomic mass is 9.96. The van der Waals surface area contributed by atoms with Gasteiger partial charge in [-0.1, -0.05) is 185 Å². The van der Waals surface area contributed by atoms with E-state index in [2.05, 4.69) is 260 Å². The zero-order valence-electron chi connectivity index (χ0n) is 42.3. The number of nitrogens with zero attached hydrogens (tertiary/aromatic N) is 4. The number of benzene rings is 11. The number of aromatic nitrogens is 4. The summed E-state index contributed by atoms with van der Waals surface area (Å²) in [4.78, 5) is 10.4. The first-order valence-electron chi connectivity index (χ1n) is 26.0. The van der Waals surface area contributed by atoms with E-state index in [1.807, 2.05) is 13.8 Å². The predicted octanol–water partition coefficient (Wildman–Crippen LogP) is 19.3. The molecule has 1 aliphatic carbocycles. The number of rotatable bonds is 5. The van der Waals surface area contributed by atoms with Crippen molar-refractivity contribution in [2.24, 2.45) is 0 Å². The van der Waals surface area contributed by atoms with E-state index in [1.165, 1.54) is 110 Å². The van der Waals surface area contributed by atoms with Gasteiger partial charge in [-0.3, -0.25) is 0 Å². The molecule has 15 rings (SSSR count). The number of aryl methyl sites for hydroxylation is 1. The first-order chi connectivity index (χ1) is 36.4. The smallest absolute Gasteiger partial charge is 0.160 e. The molecule has 1 aliphatic rings. The van der Waals surface area contributed by atoms with E-state index in [0.29, 0.717) is 5.92 Å². The molecular weight excluding hydrogens is 897 g/mol. The molecule has 0 unspecified atom stereocenters. The zero-order chi connectivity index (χ0) is 50.0. The van der Waals surface area contributed by atoms with E-state index in [1.54, 1.807) is 0 Å². The third-order valence-electron chi connectivity index (χ3n) is 15.0. The Morgan fingerprint density at radius 3 is 1.80 bits per heavy atom. The molecular formula is C70H54N4. The second-order valence-corrected chi connectivity index (χ2v) is 19.6. The van der Waals surface area contributed by atoms with E-state index in [-0.39, 0.29) is 0 Å². The Kier molecular flexibility index (Phi) is 11.0. The molecule has 0 saturated carbocycles. The molecule has 0 radical (unpaired) electrons. The highest BCUT2D eigenvalue weighted by Gasteiger charge is 2.24. The minimum atomic E-state index is 0.654. The Labute approximate surface area is 431 Å². The minimum Gasteiger partial charge on any atom is -0.309 e. The fourth-order valence-corrected chi connectivity index (χ4v) is 11.7. The van der Waals surface area contributed by atoms with Crippen LogP contribution >= 0.6 is 0 Å². The number of fused-ring (bicyclic) bond motifs is 12. The van der Waals surface area contributed by atoms with E-state index in [0.717, 1.165) is 33.7 Å². The Hall–Kier alpha value is -9.12. The molecule has 0 amide bonds. The molecule has 354 valence electrons. The molecule has 4 heteroatoms. The summed E-state index contributed by atoms with van der Waals surface area (Å²) in [7, 11) is 0. The van der Waals surface area contributed by atoms with Gasteiger partial charge in [0.05, 0.1) is 33.3 Å². The number of hydrogen-bond acceptors (Lipinski definition) is 2. The maximum absolute atomic E-state index is 5.24. The third-order valence-corrected chi connectivity index (χ3v) is 15.0. The van der Waals surface area contributed by atoms with Gasteiger partial charge in [-0.2, -0.15) is 0 Å². The lowest BCUT2D eigenvalue weighted by Gasteiger charge is -2.12. The van der Waals surface area contributed by atoms with E-state index in [9.17, 15) is 0 Å². The van der Waals surface area contributed by atoms with Crippen LogP contribution in [0.5, 0.6) is 0 Å². The summed E-state index contributed by atoms with van der Waals surface area (Å²) in [6.07, 6.45) is 0. The fraction of sp³-hybridized carbons (Fsp3) is 0.0857. The van der Waals surface area contributed by atoms with E-state index in [4.69, 9.17) is 9.97 Å². The van der Waals surface area contributed by atoms with Crippen LogP contribution in [0.25, 0.3) is 132 Å². The lowest BCUT2D eigenvalue weighted by molar-refractivity contribution is 0.856. The average Bonchev–Trinajstić information content (AvgIpc) is 4.12. The van der Waals surface area contributed by atoms with Crippen LogP contribution in [0.3, 0.4) is 0 Å². The largest absolute Gasteiger partial charge is 0.309 e. The topological polar surface area (TPSA) is 35.6 Å². The predicted molar refractivity (Wildman–Crippen MR) is 315 cm³/mol. The standard InChI is InChI=1S/C58H34N4.C10H14.C2H6/c1-2-13-41(14-3-1)61-52-23-9-7-19-48(52)55-43-28-26-36(30-38(43)27-29-53(55)61)35-24-25-37-34-54-49(33-40(37)31-35)45-17-6-8-22-51(45)62(54)42-15-10-12-39(32-42)58-59-50-21-11-20-46-44-16-4-5-18-47(44)57(60-58)56(46)50;1-8(2)10-7-5-4-6-9(10)3;1-2/h1-34H;4-8H,1-3H3;1-2H3. The summed E-state index contributed by atoms with van der Waals surface area (Å²) in [5.74, 6) is 1.39. The van der Waals surface area contributed by atoms with Crippen LogP contribution in [-0.2, 0) is 0 Å². The monoisotopic (exact) mass is 950 g/mol. The molecule has 0 spiro atoms. The van der Waals surface area contributed by atoms with Gasteiger partial charge in [0.15, 0.2) is 5.82 Å². The van der Waals surface area contributed by atoms with Gasteiger partial charge in [-0.05, 0) is 141 Å². The third kappa shape index (κ3) is 7.28. The lowest BCUT2D eigenvalue weighted by Crippen LogP contribution is -1.97. The Morgan fingerprint density at radius 1 is 0.365 bits per heavy atom. The van der Waals surface area contributed by atoms with Gasteiger partial charge in [0.2, 0.25) is 0 Å². The number of hydrogen-bond donors (Lipinski definition) is 0. The summed E-state index contributed by atoms with van der Waals surface area (Å²) in [5.41, 5.74) is 18.9. The summed E-state index contributed by atoms with van der Waals surface area (Å²) in [5, 5.41) is 11.1.